The third-order valence-corrected chi connectivity index (χ3v) is 4.29. The molecule has 0 aliphatic carbocycles. The summed E-state index contributed by atoms with van der Waals surface area (Å²) in [5.74, 6) is 2.02. The van der Waals surface area contributed by atoms with Crippen LogP contribution in [0.3, 0.4) is 0 Å². The third-order valence-electron chi connectivity index (χ3n) is 2.90. The molecule has 0 spiro atoms. The van der Waals surface area contributed by atoms with E-state index in [4.69, 9.17) is 4.74 Å². The van der Waals surface area contributed by atoms with E-state index in [2.05, 4.69) is 44.9 Å². The largest absolute Gasteiger partial charge is 0.381 e. The number of hydrogen-bond donors (Lipinski definition) is 1. The Balaban J connectivity index is 2.34. The normalized spacial score (nSPS) is 21.6. The fraction of sp³-hybridized carbons (Fsp3) is 1.00. The van der Waals surface area contributed by atoms with Gasteiger partial charge in [0.2, 0.25) is 0 Å². The van der Waals surface area contributed by atoms with Crippen molar-refractivity contribution in [3.63, 3.8) is 0 Å². The van der Waals surface area contributed by atoms with Gasteiger partial charge in [-0.25, -0.2) is 0 Å². The minimum atomic E-state index is 0.375. The van der Waals surface area contributed by atoms with Crippen molar-refractivity contribution in [3.8, 4) is 0 Å². The average Bonchev–Trinajstić information content (AvgIpc) is 2.19. The number of hydrogen-bond acceptors (Lipinski definition) is 3. The van der Waals surface area contributed by atoms with E-state index in [0.717, 1.165) is 19.1 Å². The van der Waals surface area contributed by atoms with E-state index >= 15 is 0 Å². The van der Waals surface area contributed by atoms with Crippen LogP contribution in [0, 0.1) is 5.92 Å². The summed E-state index contributed by atoms with van der Waals surface area (Å²) in [7, 11) is 2.09. The van der Waals surface area contributed by atoms with E-state index in [0.29, 0.717) is 10.8 Å². The summed E-state index contributed by atoms with van der Waals surface area (Å²) in [6.45, 7) is 8.75. The van der Waals surface area contributed by atoms with Gasteiger partial charge in [-0.15, -0.1) is 0 Å². The summed E-state index contributed by atoms with van der Waals surface area (Å²) in [6.07, 6.45) is 2.44. The Kier molecular flexibility index (Phi) is 5.44. The molecule has 1 rings (SSSR count). The van der Waals surface area contributed by atoms with Gasteiger partial charge in [-0.1, -0.05) is 20.8 Å². The van der Waals surface area contributed by atoms with Crippen LogP contribution in [0.4, 0.5) is 0 Å². The maximum absolute atomic E-state index is 5.41. The van der Waals surface area contributed by atoms with Crippen molar-refractivity contribution in [2.45, 2.75) is 44.4 Å². The molecule has 1 aliphatic heterocycles. The van der Waals surface area contributed by atoms with Crippen molar-refractivity contribution >= 4 is 11.8 Å². The lowest BCUT2D eigenvalue weighted by atomic mass is 9.93. The Labute approximate surface area is 98.5 Å². The standard InChI is InChI=1S/C12H25NOS/c1-12(2,3)15-9-11(13-4)10-5-7-14-8-6-10/h10-11,13H,5-9H2,1-4H3. The van der Waals surface area contributed by atoms with Gasteiger partial charge < -0.3 is 10.1 Å². The molecule has 15 heavy (non-hydrogen) atoms. The predicted octanol–water partition coefficient (Wildman–Crippen LogP) is 2.53. The van der Waals surface area contributed by atoms with Gasteiger partial charge in [0, 0.05) is 29.8 Å². The highest BCUT2D eigenvalue weighted by Crippen LogP contribution is 2.28. The predicted molar refractivity (Wildman–Crippen MR) is 68.6 cm³/mol. The van der Waals surface area contributed by atoms with Crippen LogP contribution in [-0.2, 0) is 4.74 Å². The first-order valence-electron chi connectivity index (χ1n) is 5.92. The summed E-state index contributed by atoms with van der Waals surface area (Å²) in [6, 6.07) is 0.651. The van der Waals surface area contributed by atoms with E-state index in [1.54, 1.807) is 0 Å². The highest BCUT2D eigenvalue weighted by Gasteiger charge is 2.24. The molecule has 0 aromatic heterocycles. The van der Waals surface area contributed by atoms with Crippen molar-refractivity contribution in [1.82, 2.24) is 5.32 Å². The molecule has 1 saturated heterocycles. The summed E-state index contributed by atoms with van der Waals surface area (Å²) in [5.41, 5.74) is 0. The first-order chi connectivity index (χ1) is 7.03. The second-order valence-corrected chi connectivity index (χ2v) is 7.12. The first-order valence-corrected chi connectivity index (χ1v) is 6.90. The SMILES string of the molecule is CNC(CSC(C)(C)C)C1CCOCC1. The molecule has 1 unspecified atom stereocenters. The van der Waals surface area contributed by atoms with Crippen LogP contribution in [-0.4, -0.2) is 36.8 Å². The third kappa shape index (κ3) is 5.23. The molecule has 0 aromatic carbocycles. The zero-order valence-corrected chi connectivity index (χ0v) is 11.3. The summed E-state index contributed by atoms with van der Waals surface area (Å²) < 4.78 is 5.78. The number of nitrogens with one attached hydrogen (secondary N) is 1. The fourth-order valence-electron chi connectivity index (χ4n) is 1.91. The monoisotopic (exact) mass is 231 g/mol. The van der Waals surface area contributed by atoms with Crippen LogP contribution < -0.4 is 5.32 Å². The molecule has 0 amide bonds. The Morgan fingerprint density at radius 2 is 1.93 bits per heavy atom. The summed E-state index contributed by atoms with van der Waals surface area (Å²) >= 11 is 2.06. The van der Waals surface area contributed by atoms with Gasteiger partial charge in [0.15, 0.2) is 0 Å². The maximum atomic E-state index is 5.41. The smallest absolute Gasteiger partial charge is 0.0469 e. The van der Waals surface area contributed by atoms with Crippen LogP contribution in [0.15, 0.2) is 0 Å². The zero-order chi connectivity index (χ0) is 11.3. The zero-order valence-electron chi connectivity index (χ0n) is 10.5. The van der Waals surface area contributed by atoms with Gasteiger partial charge in [-0.2, -0.15) is 11.8 Å². The van der Waals surface area contributed by atoms with Gasteiger partial charge in [0.25, 0.3) is 0 Å². The van der Waals surface area contributed by atoms with Gasteiger partial charge in [0.1, 0.15) is 0 Å². The molecule has 3 heteroatoms. The Morgan fingerprint density at radius 3 is 2.40 bits per heavy atom. The van der Waals surface area contributed by atoms with Crippen LogP contribution in [0.25, 0.3) is 0 Å². The summed E-state index contributed by atoms with van der Waals surface area (Å²) in [5, 5.41) is 3.47. The minimum Gasteiger partial charge on any atom is -0.381 e. The van der Waals surface area contributed by atoms with Crippen molar-refractivity contribution < 1.29 is 4.74 Å². The van der Waals surface area contributed by atoms with E-state index < -0.39 is 0 Å². The first kappa shape index (κ1) is 13.3. The van der Waals surface area contributed by atoms with Crippen molar-refractivity contribution in [1.29, 1.82) is 0 Å². The molecule has 1 aliphatic rings. The summed E-state index contributed by atoms with van der Waals surface area (Å²) in [4.78, 5) is 0. The Morgan fingerprint density at radius 1 is 1.33 bits per heavy atom. The second kappa shape index (κ2) is 6.12. The molecule has 0 radical (unpaired) electrons. The Bertz CT molecular complexity index is 173. The lowest BCUT2D eigenvalue weighted by molar-refractivity contribution is 0.0574. The minimum absolute atomic E-state index is 0.375. The van der Waals surface area contributed by atoms with Crippen molar-refractivity contribution in [2.24, 2.45) is 5.92 Å². The van der Waals surface area contributed by atoms with Crippen molar-refractivity contribution in [3.05, 3.63) is 0 Å². The molecule has 1 heterocycles. The van der Waals surface area contributed by atoms with Gasteiger partial charge >= 0.3 is 0 Å². The molecule has 0 aromatic rings. The van der Waals surface area contributed by atoms with Crippen molar-refractivity contribution in [2.75, 3.05) is 26.0 Å². The number of rotatable bonds is 4. The second-order valence-electron chi connectivity index (χ2n) is 5.27. The molecule has 1 atom stereocenters. The average molecular weight is 231 g/mol. The molecule has 0 saturated carbocycles. The van der Waals surface area contributed by atoms with Crippen LogP contribution in [0.5, 0.6) is 0 Å². The van der Waals surface area contributed by atoms with Crippen LogP contribution >= 0.6 is 11.8 Å². The van der Waals surface area contributed by atoms with E-state index in [1.165, 1.54) is 18.6 Å². The fourth-order valence-corrected chi connectivity index (χ4v) is 3.03. The Hall–Kier alpha value is 0.270. The van der Waals surface area contributed by atoms with Gasteiger partial charge in [0.05, 0.1) is 0 Å². The lowest BCUT2D eigenvalue weighted by Gasteiger charge is -2.31. The van der Waals surface area contributed by atoms with Gasteiger partial charge in [-0.05, 0) is 25.8 Å². The molecule has 0 bridgehead atoms. The van der Waals surface area contributed by atoms with Crippen LogP contribution in [0.1, 0.15) is 33.6 Å². The number of ether oxygens (including phenoxy) is 1. The lowest BCUT2D eigenvalue weighted by Crippen LogP contribution is -2.39. The van der Waals surface area contributed by atoms with E-state index in [-0.39, 0.29) is 0 Å². The maximum Gasteiger partial charge on any atom is 0.0469 e. The van der Waals surface area contributed by atoms with E-state index in [1.807, 2.05) is 0 Å². The molecular formula is C12H25NOS. The molecule has 90 valence electrons. The molecule has 1 fully saturated rings. The quantitative estimate of drug-likeness (QED) is 0.803. The molecule has 2 nitrogen and oxygen atoms in total. The number of thioether (sulfide) groups is 1. The molecule has 1 N–H and O–H groups in total. The van der Waals surface area contributed by atoms with E-state index in [9.17, 15) is 0 Å². The topological polar surface area (TPSA) is 21.3 Å². The molecular weight excluding hydrogens is 206 g/mol. The van der Waals surface area contributed by atoms with Gasteiger partial charge in [-0.3, -0.25) is 0 Å². The highest BCUT2D eigenvalue weighted by atomic mass is 32.2. The highest BCUT2D eigenvalue weighted by molar-refractivity contribution is 8.00. The van der Waals surface area contributed by atoms with Crippen LogP contribution in [0.2, 0.25) is 0 Å².